The van der Waals surface area contributed by atoms with Crippen LogP contribution in [0.1, 0.15) is 16.1 Å². The first-order valence-electron chi connectivity index (χ1n) is 6.20. The summed E-state index contributed by atoms with van der Waals surface area (Å²) >= 11 is 0. The molecule has 112 valence electrons. The maximum Gasteiger partial charge on any atom is 0.291 e. The highest BCUT2D eigenvalue weighted by Gasteiger charge is 2.17. The molecule has 0 aliphatic heterocycles. The average Bonchev–Trinajstić information content (AvgIpc) is 2.85. The SMILES string of the molecule is Cc1ccoc1C(=O)Nc1ccc(S(=O)(=O)N(C)C)cc1. The van der Waals surface area contributed by atoms with Crippen molar-refractivity contribution in [1.29, 1.82) is 0 Å². The number of benzene rings is 1. The van der Waals surface area contributed by atoms with Gasteiger partial charge in [0, 0.05) is 25.3 Å². The molecule has 0 aliphatic carbocycles. The van der Waals surface area contributed by atoms with Gasteiger partial charge in [0.1, 0.15) is 0 Å². The number of sulfonamides is 1. The van der Waals surface area contributed by atoms with Gasteiger partial charge in [0.2, 0.25) is 10.0 Å². The molecule has 2 aromatic rings. The normalized spacial score (nSPS) is 11.6. The van der Waals surface area contributed by atoms with Crippen molar-refractivity contribution in [3.8, 4) is 0 Å². The van der Waals surface area contributed by atoms with Crippen molar-refractivity contribution in [1.82, 2.24) is 4.31 Å². The van der Waals surface area contributed by atoms with E-state index in [2.05, 4.69) is 5.32 Å². The fraction of sp³-hybridized carbons (Fsp3) is 0.214. The Labute approximate surface area is 123 Å². The van der Waals surface area contributed by atoms with Crippen LogP contribution in [0.15, 0.2) is 45.9 Å². The number of anilines is 1. The summed E-state index contributed by atoms with van der Waals surface area (Å²) in [4.78, 5) is 12.1. The Kier molecular flexibility index (Phi) is 4.15. The van der Waals surface area contributed by atoms with Gasteiger partial charge in [-0.3, -0.25) is 4.79 Å². The van der Waals surface area contributed by atoms with E-state index >= 15 is 0 Å². The van der Waals surface area contributed by atoms with E-state index in [1.807, 2.05) is 0 Å². The van der Waals surface area contributed by atoms with Crippen LogP contribution in [0.3, 0.4) is 0 Å². The molecule has 7 heteroatoms. The zero-order valence-electron chi connectivity index (χ0n) is 12.0. The lowest BCUT2D eigenvalue weighted by Gasteiger charge is -2.11. The van der Waals surface area contributed by atoms with E-state index < -0.39 is 10.0 Å². The van der Waals surface area contributed by atoms with E-state index in [-0.39, 0.29) is 16.6 Å². The van der Waals surface area contributed by atoms with Gasteiger partial charge < -0.3 is 9.73 Å². The van der Waals surface area contributed by atoms with Crippen molar-refractivity contribution in [3.05, 3.63) is 47.9 Å². The lowest BCUT2D eigenvalue weighted by atomic mass is 10.2. The summed E-state index contributed by atoms with van der Waals surface area (Å²) in [6.45, 7) is 1.77. The lowest BCUT2D eigenvalue weighted by Crippen LogP contribution is -2.22. The first kappa shape index (κ1) is 15.3. The molecule has 1 aromatic heterocycles. The molecule has 1 heterocycles. The Morgan fingerprint density at radius 2 is 1.76 bits per heavy atom. The molecule has 1 amide bonds. The van der Waals surface area contributed by atoms with Crippen molar-refractivity contribution in [3.63, 3.8) is 0 Å². The zero-order valence-corrected chi connectivity index (χ0v) is 12.8. The number of carbonyl (C=O) groups is 1. The van der Waals surface area contributed by atoms with E-state index in [0.717, 1.165) is 9.87 Å². The Morgan fingerprint density at radius 1 is 1.14 bits per heavy atom. The van der Waals surface area contributed by atoms with Crippen LogP contribution in [0.2, 0.25) is 0 Å². The molecule has 0 spiro atoms. The predicted molar refractivity (Wildman–Crippen MR) is 78.7 cm³/mol. The Morgan fingerprint density at radius 3 is 2.24 bits per heavy atom. The minimum atomic E-state index is -3.47. The number of rotatable bonds is 4. The number of nitrogens with one attached hydrogen (secondary N) is 1. The van der Waals surface area contributed by atoms with Gasteiger partial charge in [-0.1, -0.05) is 0 Å². The largest absolute Gasteiger partial charge is 0.459 e. The Hall–Kier alpha value is -2.12. The first-order valence-corrected chi connectivity index (χ1v) is 7.64. The highest BCUT2D eigenvalue weighted by molar-refractivity contribution is 7.89. The fourth-order valence-electron chi connectivity index (χ4n) is 1.71. The second kappa shape index (κ2) is 5.71. The number of carbonyl (C=O) groups excluding carboxylic acids is 1. The molecule has 0 radical (unpaired) electrons. The van der Waals surface area contributed by atoms with Gasteiger partial charge >= 0.3 is 0 Å². The molecule has 0 saturated carbocycles. The maximum absolute atomic E-state index is 12.0. The van der Waals surface area contributed by atoms with Gasteiger partial charge in [-0.2, -0.15) is 0 Å². The van der Waals surface area contributed by atoms with E-state index in [0.29, 0.717) is 5.69 Å². The Balaban J connectivity index is 2.17. The summed E-state index contributed by atoms with van der Waals surface area (Å²) in [5.74, 6) is -0.138. The minimum absolute atomic E-state index is 0.166. The minimum Gasteiger partial charge on any atom is -0.459 e. The number of hydrogen-bond donors (Lipinski definition) is 1. The molecule has 0 aliphatic rings. The van der Waals surface area contributed by atoms with Crippen molar-refractivity contribution < 1.29 is 17.6 Å². The topological polar surface area (TPSA) is 79.6 Å². The second-order valence-corrected chi connectivity index (χ2v) is 6.85. The summed E-state index contributed by atoms with van der Waals surface area (Å²) in [6, 6.07) is 7.65. The third-order valence-electron chi connectivity index (χ3n) is 2.96. The zero-order chi connectivity index (χ0) is 15.6. The van der Waals surface area contributed by atoms with Gasteiger partial charge in [-0.15, -0.1) is 0 Å². The number of nitrogens with zero attached hydrogens (tertiary/aromatic N) is 1. The quantitative estimate of drug-likeness (QED) is 0.938. The van der Waals surface area contributed by atoms with Crippen LogP contribution in [0.25, 0.3) is 0 Å². The van der Waals surface area contributed by atoms with Crippen LogP contribution >= 0.6 is 0 Å². The number of amides is 1. The van der Waals surface area contributed by atoms with Crippen LogP contribution in [-0.2, 0) is 10.0 Å². The highest BCUT2D eigenvalue weighted by Crippen LogP contribution is 2.18. The number of aryl methyl sites for hydroxylation is 1. The van der Waals surface area contributed by atoms with Crippen LogP contribution in [0.4, 0.5) is 5.69 Å². The van der Waals surface area contributed by atoms with Gasteiger partial charge in [0.05, 0.1) is 11.2 Å². The molecule has 0 atom stereocenters. The van der Waals surface area contributed by atoms with Crippen LogP contribution < -0.4 is 5.32 Å². The fourth-order valence-corrected chi connectivity index (χ4v) is 2.62. The molecule has 1 aromatic carbocycles. The summed E-state index contributed by atoms with van der Waals surface area (Å²) in [5, 5.41) is 2.65. The summed E-state index contributed by atoms with van der Waals surface area (Å²) in [5.41, 5.74) is 1.23. The van der Waals surface area contributed by atoms with Crippen molar-refractivity contribution in [2.24, 2.45) is 0 Å². The Bertz CT molecular complexity index is 746. The van der Waals surface area contributed by atoms with Crippen LogP contribution in [0, 0.1) is 6.92 Å². The van der Waals surface area contributed by atoms with Crippen molar-refractivity contribution >= 4 is 21.6 Å². The second-order valence-electron chi connectivity index (χ2n) is 4.70. The van der Waals surface area contributed by atoms with Gasteiger partial charge in [-0.05, 0) is 37.3 Å². The van der Waals surface area contributed by atoms with Crippen LogP contribution in [0.5, 0.6) is 0 Å². The molecular weight excluding hydrogens is 292 g/mol. The predicted octanol–water partition coefficient (Wildman–Crippen LogP) is 2.09. The molecule has 1 N–H and O–H groups in total. The molecule has 21 heavy (non-hydrogen) atoms. The van der Waals surface area contributed by atoms with E-state index in [9.17, 15) is 13.2 Å². The van der Waals surface area contributed by atoms with Crippen molar-refractivity contribution in [2.75, 3.05) is 19.4 Å². The molecule has 0 bridgehead atoms. The van der Waals surface area contributed by atoms with Gasteiger partial charge in [0.25, 0.3) is 5.91 Å². The summed E-state index contributed by atoms with van der Waals surface area (Å²) < 4.78 is 30.1. The summed E-state index contributed by atoms with van der Waals surface area (Å²) in [6.07, 6.45) is 1.44. The molecule has 2 rings (SSSR count). The van der Waals surface area contributed by atoms with E-state index in [4.69, 9.17) is 4.42 Å². The molecule has 0 unspecified atom stereocenters. The first-order chi connectivity index (χ1) is 9.82. The van der Waals surface area contributed by atoms with Gasteiger partial charge in [-0.25, -0.2) is 12.7 Å². The monoisotopic (exact) mass is 308 g/mol. The smallest absolute Gasteiger partial charge is 0.291 e. The maximum atomic E-state index is 12.0. The average molecular weight is 308 g/mol. The molecule has 0 saturated heterocycles. The molecular formula is C14H16N2O4S. The van der Waals surface area contributed by atoms with Crippen molar-refractivity contribution in [2.45, 2.75) is 11.8 Å². The third kappa shape index (κ3) is 3.14. The lowest BCUT2D eigenvalue weighted by molar-refractivity contribution is 0.0996. The third-order valence-corrected chi connectivity index (χ3v) is 4.79. The number of furan rings is 1. The molecule has 0 fully saturated rings. The van der Waals surface area contributed by atoms with Crippen LogP contribution in [-0.4, -0.2) is 32.7 Å². The summed E-state index contributed by atoms with van der Waals surface area (Å²) in [7, 11) is -0.544. The van der Waals surface area contributed by atoms with E-state index in [1.54, 1.807) is 13.0 Å². The number of hydrogen-bond acceptors (Lipinski definition) is 4. The standard InChI is InChI=1S/C14H16N2O4S/c1-10-8-9-20-13(10)14(17)15-11-4-6-12(7-5-11)21(18,19)16(2)3/h4-9H,1-3H3,(H,15,17). The molecule has 6 nitrogen and oxygen atoms in total. The van der Waals surface area contributed by atoms with E-state index in [1.165, 1.54) is 44.6 Å². The highest BCUT2D eigenvalue weighted by atomic mass is 32.2. The van der Waals surface area contributed by atoms with Gasteiger partial charge in [0.15, 0.2) is 5.76 Å².